The summed E-state index contributed by atoms with van der Waals surface area (Å²) < 4.78 is 0. The number of carboxylic acid groups (broad SMARTS) is 2. The van der Waals surface area contributed by atoms with Gasteiger partial charge in [0.15, 0.2) is 5.82 Å². The van der Waals surface area contributed by atoms with E-state index in [1.54, 1.807) is 24.3 Å². The topological polar surface area (TPSA) is 137 Å². The second kappa shape index (κ2) is 6.97. The zero-order chi connectivity index (χ0) is 15.9. The first-order valence-corrected chi connectivity index (χ1v) is 6.27. The van der Waals surface area contributed by atoms with Gasteiger partial charge in [0.1, 0.15) is 13.1 Å². The molecule has 9 heteroatoms. The zero-order valence-electron chi connectivity index (χ0n) is 11.4. The van der Waals surface area contributed by atoms with Gasteiger partial charge >= 0.3 is 11.9 Å². The van der Waals surface area contributed by atoms with Crippen LogP contribution in [0.4, 0.5) is 11.9 Å². The van der Waals surface area contributed by atoms with Gasteiger partial charge in [-0.05, 0) is 0 Å². The van der Waals surface area contributed by atoms with Crippen LogP contribution in [0.5, 0.6) is 0 Å². The van der Waals surface area contributed by atoms with Crippen LogP contribution in [-0.2, 0) is 9.59 Å². The molecule has 9 nitrogen and oxygen atoms in total. The normalized spacial score (nSPS) is 10.0. The highest BCUT2D eigenvalue weighted by atomic mass is 16.4. The molecule has 0 fully saturated rings. The molecular weight excluding hydrogens is 290 g/mol. The number of benzene rings is 1. The van der Waals surface area contributed by atoms with E-state index < -0.39 is 11.9 Å². The molecule has 0 saturated heterocycles. The van der Waals surface area contributed by atoms with Crippen molar-refractivity contribution in [3.8, 4) is 11.4 Å². The van der Waals surface area contributed by atoms with E-state index in [-0.39, 0.29) is 25.0 Å². The third-order valence-corrected chi connectivity index (χ3v) is 2.46. The minimum atomic E-state index is -1.07. The Bertz CT molecular complexity index is 641. The minimum absolute atomic E-state index is 0.0455. The maximum Gasteiger partial charge on any atom is 0.322 e. The Kier molecular flexibility index (Phi) is 4.81. The number of carboxylic acids is 2. The van der Waals surface area contributed by atoms with Gasteiger partial charge in [-0.2, -0.15) is 15.0 Å². The van der Waals surface area contributed by atoms with Crippen LogP contribution in [0.2, 0.25) is 0 Å². The molecule has 0 saturated carbocycles. The summed E-state index contributed by atoms with van der Waals surface area (Å²) in [5, 5.41) is 22.4. The Morgan fingerprint density at radius 2 is 1.36 bits per heavy atom. The lowest BCUT2D eigenvalue weighted by atomic mass is 10.2. The summed E-state index contributed by atoms with van der Waals surface area (Å²) in [5.74, 6) is -1.74. The highest BCUT2D eigenvalue weighted by molar-refractivity contribution is 5.73. The molecule has 0 aliphatic carbocycles. The van der Waals surface area contributed by atoms with E-state index in [1.165, 1.54) is 0 Å². The van der Waals surface area contributed by atoms with E-state index in [1.807, 2.05) is 6.07 Å². The summed E-state index contributed by atoms with van der Waals surface area (Å²) in [6.07, 6.45) is 0. The van der Waals surface area contributed by atoms with Crippen LogP contribution >= 0.6 is 0 Å². The smallest absolute Gasteiger partial charge is 0.322 e. The number of rotatable bonds is 7. The van der Waals surface area contributed by atoms with E-state index in [2.05, 4.69) is 25.6 Å². The number of aliphatic carboxylic acids is 2. The molecule has 4 N–H and O–H groups in total. The largest absolute Gasteiger partial charge is 0.480 e. The van der Waals surface area contributed by atoms with Crippen molar-refractivity contribution in [3.63, 3.8) is 0 Å². The number of nitrogens with zero attached hydrogens (tertiary/aromatic N) is 3. The second-order valence-electron chi connectivity index (χ2n) is 4.17. The quantitative estimate of drug-likeness (QED) is 0.577. The van der Waals surface area contributed by atoms with Crippen LogP contribution in [0.3, 0.4) is 0 Å². The molecule has 0 bridgehead atoms. The molecule has 0 amide bonds. The van der Waals surface area contributed by atoms with Gasteiger partial charge in [0.25, 0.3) is 0 Å². The van der Waals surface area contributed by atoms with E-state index in [0.29, 0.717) is 11.4 Å². The Morgan fingerprint density at radius 1 is 0.864 bits per heavy atom. The maximum atomic E-state index is 10.6. The van der Waals surface area contributed by atoms with Crippen molar-refractivity contribution in [2.24, 2.45) is 0 Å². The van der Waals surface area contributed by atoms with Gasteiger partial charge < -0.3 is 20.8 Å². The fourth-order valence-electron chi connectivity index (χ4n) is 1.56. The highest BCUT2D eigenvalue weighted by Crippen LogP contribution is 2.17. The number of anilines is 2. The van der Waals surface area contributed by atoms with Gasteiger partial charge in [-0.1, -0.05) is 30.3 Å². The van der Waals surface area contributed by atoms with Gasteiger partial charge in [-0.25, -0.2) is 0 Å². The average molecular weight is 303 g/mol. The van der Waals surface area contributed by atoms with Crippen LogP contribution < -0.4 is 10.6 Å². The van der Waals surface area contributed by atoms with Crippen molar-refractivity contribution in [3.05, 3.63) is 30.3 Å². The van der Waals surface area contributed by atoms with Crippen LogP contribution in [0.1, 0.15) is 0 Å². The van der Waals surface area contributed by atoms with Crippen LogP contribution in [-0.4, -0.2) is 50.2 Å². The van der Waals surface area contributed by atoms with Gasteiger partial charge in [0, 0.05) is 5.56 Å². The van der Waals surface area contributed by atoms with Crippen LogP contribution in [0.15, 0.2) is 30.3 Å². The lowest BCUT2D eigenvalue weighted by Gasteiger charge is -2.08. The lowest BCUT2D eigenvalue weighted by Crippen LogP contribution is -2.18. The SMILES string of the molecule is O=C(O)CNc1nc(NCC(=O)O)nc(-c2ccccc2)n1. The Morgan fingerprint density at radius 3 is 1.82 bits per heavy atom. The van der Waals surface area contributed by atoms with E-state index >= 15 is 0 Å². The van der Waals surface area contributed by atoms with Gasteiger partial charge in [-0.3, -0.25) is 9.59 Å². The fourth-order valence-corrected chi connectivity index (χ4v) is 1.56. The van der Waals surface area contributed by atoms with Crippen molar-refractivity contribution in [1.29, 1.82) is 0 Å². The molecule has 0 spiro atoms. The van der Waals surface area contributed by atoms with E-state index in [4.69, 9.17) is 10.2 Å². The molecule has 114 valence electrons. The van der Waals surface area contributed by atoms with E-state index in [0.717, 1.165) is 0 Å². The van der Waals surface area contributed by atoms with E-state index in [9.17, 15) is 9.59 Å². The van der Waals surface area contributed by atoms with Gasteiger partial charge in [-0.15, -0.1) is 0 Å². The van der Waals surface area contributed by atoms with Crippen LogP contribution in [0, 0.1) is 0 Å². The summed E-state index contributed by atoms with van der Waals surface area (Å²) in [6, 6.07) is 8.98. The fraction of sp³-hybridized carbons (Fsp3) is 0.154. The molecule has 22 heavy (non-hydrogen) atoms. The summed E-state index contributed by atoms with van der Waals surface area (Å²) >= 11 is 0. The first-order chi connectivity index (χ1) is 10.5. The number of hydrogen-bond donors (Lipinski definition) is 4. The highest BCUT2D eigenvalue weighted by Gasteiger charge is 2.10. The number of carbonyl (C=O) groups is 2. The predicted molar refractivity (Wildman–Crippen MR) is 77.5 cm³/mol. The first kappa shape index (κ1) is 15.2. The van der Waals surface area contributed by atoms with Crippen molar-refractivity contribution in [1.82, 2.24) is 15.0 Å². The monoisotopic (exact) mass is 303 g/mol. The van der Waals surface area contributed by atoms with Gasteiger partial charge in [0.2, 0.25) is 11.9 Å². The predicted octanol–water partition coefficient (Wildman–Crippen LogP) is 0.532. The summed E-state index contributed by atoms with van der Waals surface area (Å²) in [6.45, 7) is -0.729. The molecule has 2 rings (SSSR count). The standard InChI is InChI=1S/C13H13N5O4/c19-9(20)6-14-12-16-11(8-4-2-1-3-5-8)17-13(18-12)15-7-10(21)22/h1-5H,6-7H2,(H,19,20)(H,21,22)(H2,14,15,16,17,18). The summed E-state index contributed by atoms with van der Waals surface area (Å²) in [4.78, 5) is 33.4. The minimum Gasteiger partial charge on any atom is -0.480 e. The number of aromatic nitrogens is 3. The summed E-state index contributed by atoms with van der Waals surface area (Å²) in [7, 11) is 0. The zero-order valence-corrected chi connectivity index (χ0v) is 11.4. The molecule has 0 unspecified atom stereocenters. The molecular formula is C13H13N5O4. The molecule has 0 aliphatic heterocycles. The van der Waals surface area contributed by atoms with Crippen molar-refractivity contribution < 1.29 is 19.8 Å². The number of hydrogen-bond acceptors (Lipinski definition) is 7. The Balaban J connectivity index is 2.30. The molecule has 2 aromatic rings. The van der Waals surface area contributed by atoms with Crippen molar-refractivity contribution in [2.45, 2.75) is 0 Å². The van der Waals surface area contributed by atoms with Crippen LogP contribution in [0.25, 0.3) is 11.4 Å². The average Bonchev–Trinajstić information content (AvgIpc) is 2.51. The lowest BCUT2D eigenvalue weighted by molar-refractivity contribution is -0.135. The number of nitrogens with one attached hydrogen (secondary N) is 2. The Labute approximate surface area is 125 Å². The molecule has 0 atom stereocenters. The molecule has 0 radical (unpaired) electrons. The third-order valence-electron chi connectivity index (χ3n) is 2.46. The first-order valence-electron chi connectivity index (χ1n) is 6.27. The molecule has 0 aliphatic rings. The molecule has 1 heterocycles. The third kappa shape index (κ3) is 4.40. The molecule has 1 aromatic carbocycles. The molecule has 1 aromatic heterocycles. The summed E-state index contributed by atoms with van der Waals surface area (Å²) in [5.41, 5.74) is 0.696. The van der Waals surface area contributed by atoms with Gasteiger partial charge in [0.05, 0.1) is 0 Å². The van der Waals surface area contributed by atoms with Crippen molar-refractivity contribution in [2.75, 3.05) is 23.7 Å². The maximum absolute atomic E-state index is 10.6. The second-order valence-corrected chi connectivity index (χ2v) is 4.17. The van der Waals surface area contributed by atoms with Crippen molar-refractivity contribution >= 4 is 23.8 Å². The Hall–Kier alpha value is -3.23.